The van der Waals surface area contributed by atoms with Crippen molar-refractivity contribution in [3.8, 4) is 6.01 Å². The Morgan fingerprint density at radius 1 is 1.38 bits per heavy atom. The monoisotopic (exact) mass is 419 g/mol. The standard InChI is InChI=1S/C16H17F4N5O4/c1-2-6-7(4-26)28-13(10(6)27)25-5-22-9-11(21)23-14(24-12(9)25)29-8-3-15(17,18)16(8,19)20/h2,5-8,10,13,26-27H,1,3-4H2,(H2,21,23,24)/t6?,7-,8?,10-,13-/m1/s1. The van der Waals surface area contributed by atoms with Crippen LogP contribution in [0.4, 0.5) is 23.4 Å². The summed E-state index contributed by atoms with van der Waals surface area (Å²) in [4.78, 5) is 11.6. The third-order valence-corrected chi connectivity index (χ3v) is 5.17. The number of aliphatic hydroxyl groups is 2. The molecule has 2 fully saturated rings. The van der Waals surface area contributed by atoms with Crippen LogP contribution in [0.25, 0.3) is 11.2 Å². The van der Waals surface area contributed by atoms with E-state index in [0.717, 1.165) is 0 Å². The van der Waals surface area contributed by atoms with Crippen molar-refractivity contribution in [2.45, 2.75) is 42.8 Å². The topological polar surface area (TPSA) is 129 Å². The first-order valence-electron chi connectivity index (χ1n) is 8.60. The highest BCUT2D eigenvalue weighted by molar-refractivity contribution is 5.82. The molecule has 0 radical (unpaired) electrons. The van der Waals surface area contributed by atoms with Crippen LogP contribution in [-0.4, -0.2) is 66.5 Å². The van der Waals surface area contributed by atoms with Gasteiger partial charge in [-0.2, -0.15) is 27.5 Å². The fourth-order valence-electron chi connectivity index (χ4n) is 3.45. The minimum Gasteiger partial charge on any atom is -0.453 e. The molecule has 1 aliphatic carbocycles. The molecule has 158 valence electrons. The minimum absolute atomic E-state index is 0.0210. The van der Waals surface area contributed by atoms with Gasteiger partial charge in [0.2, 0.25) is 0 Å². The van der Waals surface area contributed by atoms with Crippen molar-refractivity contribution in [3.63, 3.8) is 0 Å². The zero-order valence-corrected chi connectivity index (χ0v) is 14.8. The van der Waals surface area contributed by atoms with Crippen LogP contribution in [0.15, 0.2) is 19.0 Å². The van der Waals surface area contributed by atoms with Crippen LogP contribution in [0.3, 0.4) is 0 Å². The molecular formula is C16H17F4N5O4. The summed E-state index contributed by atoms with van der Waals surface area (Å²) in [5.41, 5.74) is 5.81. The number of rotatable bonds is 5. The van der Waals surface area contributed by atoms with E-state index in [1.54, 1.807) is 0 Å². The highest BCUT2D eigenvalue weighted by atomic mass is 19.3. The molecule has 4 N–H and O–H groups in total. The molecule has 2 aliphatic rings. The van der Waals surface area contributed by atoms with E-state index in [1.807, 2.05) is 0 Å². The summed E-state index contributed by atoms with van der Waals surface area (Å²) in [6.07, 6.45) is -3.54. The van der Waals surface area contributed by atoms with Crippen LogP contribution >= 0.6 is 0 Å². The van der Waals surface area contributed by atoms with Gasteiger partial charge in [-0.3, -0.25) is 4.57 Å². The number of imidazole rings is 1. The van der Waals surface area contributed by atoms with E-state index in [9.17, 15) is 27.8 Å². The van der Waals surface area contributed by atoms with E-state index in [-0.39, 0.29) is 23.6 Å². The van der Waals surface area contributed by atoms with Gasteiger partial charge in [-0.15, -0.1) is 6.58 Å². The molecule has 1 aliphatic heterocycles. The predicted molar refractivity (Wildman–Crippen MR) is 89.4 cm³/mol. The minimum atomic E-state index is -4.36. The maximum Gasteiger partial charge on any atom is 0.346 e. The number of aromatic nitrogens is 4. The maximum atomic E-state index is 13.5. The molecule has 9 nitrogen and oxygen atoms in total. The maximum absolute atomic E-state index is 13.5. The van der Waals surface area contributed by atoms with Gasteiger partial charge in [0, 0.05) is 5.92 Å². The first kappa shape index (κ1) is 19.8. The largest absolute Gasteiger partial charge is 0.453 e. The number of ether oxygens (including phenoxy) is 2. The summed E-state index contributed by atoms with van der Waals surface area (Å²) >= 11 is 0. The van der Waals surface area contributed by atoms with E-state index in [4.69, 9.17) is 15.2 Å². The van der Waals surface area contributed by atoms with Crippen molar-refractivity contribution in [2.75, 3.05) is 12.3 Å². The van der Waals surface area contributed by atoms with E-state index in [2.05, 4.69) is 21.5 Å². The normalized spacial score (nSPS) is 32.8. The number of fused-ring (bicyclic) bond motifs is 1. The summed E-state index contributed by atoms with van der Waals surface area (Å²) in [7, 11) is 0. The van der Waals surface area contributed by atoms with Gasteiger partial charge in [-0.1, -0.05) is 6.08 Å². The Morgan fingerprint density at radius 2 is 2.10 bits per heavy atom. The molecule has 4 rings (SSSR count). The number of alkyl halides is 4. The zero-order valence-electron chi connectivity index (χ0n) is 14.8. The van der Waals surface area contributed by atoms with Crippen molar-refractivity contribution < 1.29 is 37.2 Å². The molecule has 0 aromatic carbocycles. The second-order valence-corrected chi connectivity index (χ2v) is 6.90. The van der Waals surface area contributed by atoms with Crippen molar-refractivity contribution in [2.24, 2.45) is 5.92 Å². The lowest BCUT2D eigenvalue weighted by Gasteiger charge is -2.42. The fourth-order valence-corrected chi connectivity index (χ4v) is 3.45. The molecule has 0 spiro atoms. The van der Waals surface area contributed by atoms with Crippen LogP contribution in [-0.2, 0) is 4.74 Å². The summed E-state index contributed by atoms with van der Waals surface area (Å²) < 4.78 is 64.8. The number of nitrogens with zero attached hydrogens (tertiary/aromatic N) is 4. The number of nitrogen functional groups attached to an aromatic ring is 1. The molecule has 2 aromatic rings. The Kier molecular flexibility index (Phi) is 4.44. The number of nitrogens with two attached hydrogens (primary N) is 1. The van der Waals surface area contributed by atoms with E-state index >= 15 is 0 Å². The Balaban J connectivity index is 1.67. The van der Waals surface area contributed by atoms with Crippen molar-refractivity contribution in [3.05, 3.63) is 19.0 Å². The Hall–Kier alpha value is -2.51. The molecule has 2 unspecified atom stereocenters. The fraction of sp³-hybridized carbons (Fsp3) is 0.562. The van der Waals surface area contributed by atoms with Crippen molar-refractivity contribution >= 4 is 17.0 Å². The zero-order chi connectivity index (χ0) is 21.1. The number of aliphatic hydroxyl groups excluding tert-OH is 2. The third-order valence-electron chi connectivity index (χ3n) is 5.17. The van der Waals surface area contributed by atoms with Crippen molar-refractivity contribution in [1.82, 2.24) is 19.5 Å². The molecular weight excluding hydrogens is 402 g/mol. The summed E-state index contributed by atoms with van der Waals surface area (Å²) in [6, 6.07) is -0.636. The van der Waals surface area contributed by atoms with Crippen LogP contribution in [0, 0.1) is 5.92 Å². The van der Waals surface area contributed by atoms with E-state index < -0.39 is 54.7 Å². The number of hydrogen-bond donors (Lipinski definition) is 3. The Bertz CT molecular complexity index is 955. The lowest BCUT2D eigenvalue weighted by atomic mass is 9.85. The van der Waals surface area contributed by atoms with Gasteiger partial charge in [-0.25, -0.2) is 4.98 Å². The van der Waals surface area contributed by atoms with Crippen LogP contribution < -0.4 is 10.5 Å². The molecule has 29 heavy (non-hydrogen) atoms. The van der Waals surface area contributed by atoms with Gasteiger partial charge < -0.3 is 25.4 Å². The highest BCUT2D eigenvalue weighted by Gasteiger charge is 2.73. The average Bonchev–Trinajstić information content (AvgIpc) is 3.21. The predicted octanol–water partition coefficient (Wildman–Crippen LogP) is 0.883. The highest BCUT2D eigenvalue weighted by Crippen LogP contribution is 2.52. The second-order valence-electron chi connectivity index (χ2n) is 6.90. The van der Waals surface area contributed by atoms with E-state index in [1.165, 1.54) is 17.0 Å². The molecule has 0 bridgehead atoms. The summed E-state index contributed by atoms with van der Waals surface area (Å²) in [5, 5.41) is 19.9. The molecule has 2 aromatic heterocycles. The van der Waals surface area contributed by atoms with Crippen LogP contribution in [0.2, 0.25) is 0 Å². The lowest BCUT2D eigenvalue weighted by molar-refractivity contribution is -0.325. The number of hydrogen-bond acceptors (Lipinski definition) is 8. The van der Waals surface area contributed by atoms with E-state index in [0.29, 0.717) is 0 Å². The molecule has 5 atom stereocenters. The molecule has 1 saturated carbocycles. The summed E-state index contributed by atoms with van der Waals surface area (Å²) in [6.45, 7) is 3.22. The summed E-state index contributed by atoms with van der Waals surface area (Å²) in [5.74, 6) is -9.36. The van der Waals surface area contributed by atoms with Gasteiger partial charge in [0.05, 0.1) is 25.5 Å². The van der Waals surface area contributed by atoms with Gasteiger partial charge in [-0.05, 0) is 0 Å². The first-order chi connectivity index (χ1) is 13.6. The second kappa shape index (κ2) is 6.50. The molecule has 1 saturated heterocycles. The van der Waals surface area contributed by atoms with Gasteiger partial charge in [0.15, 0.2) is 29.3 Å². The average molecular weight is 419 g/mol. The molecule has 0 amide bonds. The van der Waals surface area contributed by atoms with Crippen LogP contribution in [0.5, 0.6) is 6.01 Å². The van der Waals surface area contributed by atoms with Gasteiger partial charge in [0.25, 0.3) is 0 Å². The third kappa shape index (κ3) is 2.83. The van der Waals surface area contributed by atoms with Gasteiger partial charge in [0.1, 0.15) is 6.10 Å². The molecule has 13 heteroatoms. The number of halogens is 4. The molecule has 3 heterocycles. The van der Waals surface area contributed by atoms with Crippen LogP contribution in [0.1, 0.15) is 12.6 Å². The van der Waals surface area contributed by atoms with Gasteiger partial charge >= 0.3 is 17.9 Å². The lowest BCUT2D eigenvalue weighted by Crippen LogP contribution is -2.64. The number of anilines is 1. The SMILES string of the molecule is C=CC1[C@@H](O)[C@H](n2cnc3c(N)nc(OC4CC(F)(F)C4(F)F)nc32)O[C@@H]1CO. The Morgan fingerprint density at radius 3 is 2.66 bits per heavy atom. The smallest absolute Gasteiger partial charge is 0.346 e. The Labute approximate surface area is 160 Å². The quantitative estimate of drug-likeness (QED) is 0.481. The van der Waals surface area contributed by atoms with Crippen molar-refractivity contribution in [1.29, 1.82) is 0 Å². The first-order valence-corrected chi connectivity index (χ1v) is 8.60.